The third-order valence-electron chi connectivity index (χ3n) is 0.503. The van der Waals surface area contributed by atoms with Crippen molar-refractivity contribution in [2.24, 2.45) is 0 Å². The second-order valence-electron chi connectivity index (χ2n) is 0.996. The molecule has 0 atom stereocenters. The maximum Gasteiger partial charge on any atom is 0.505 e. The Labute approximate surface area is 46.9 Å². The van der Waals surface area contributed by atoms with E-state index in [1.165, 1.54) is 0 Å². The van der Waals surface area contributed by atoms with E-state index in [-0.39, 0.29) is 18.2 Å². The maximum atomic E-state index is 3.39. The third-order valence-corrected chi connectivity index (χ3v) is 3.16. The summed E-state index contributed by atoms with van der Waals surface area (Å²) in [6.07, 6.45) is 0. The van der Waals surface area contributed by atoms with Gasteiger partial charge in [-0.3, -0.25) is 0 Å². The van der Waals surface area contributed by atoms with Gasteiger partial charge in [-0.2, -0.15) is 0 Å². The van der Waals surface area contributed by atoms with Crippen molar-refractivity contribution in [2.75, 3.05) is 0 Å². The van der Waals surface area contributed by atoms with Crippen molar-refractivity contribution in [3.63, 3.8) is 0 Å². The Balaban J connectivity index is 2.08. The smallest absolute Gasteiger partial charge is 0.303 e. The summed E-state index contributed by atoms with van der Waals surface area (Å²) < 4.78 is 0.690. The molecule has 0 spiro atoms. The number of halogens is 1. The van der Waals surface area contributed by atoms with Crippen molar-refractivity contribution in [2.45, 2.75) is 4.05 Å². The van der Waals surface area contributed by atoms with E-state index in [9.17, 15) is 0 Å². The van der Waals surface area contributed by atoms with E-state index >= 15 is 0 Å². The van der Waals surface area contributed by atoms with Gasteiger partial charge < -0.3 is 12.9 Å². The van der Waals surface area contributed by atoms with Gasteiger partial charge in [-0.05, 0) is 0 Å². The number of hydrogen-bond donors (Lipinski definition) is 0. The van der Waals surface area contributed by atoms with Gasteiger partial charge >= 0.3 is 18.2 Å². The minimum absolute atomic E-state index is 0.0502. The Morgan fingerprint density at radius 2 is 2.20 bits per heavy atom. The summed E-state index contributed by atoms with van der Waals surface area (Å²) in [5.41, 5.74) is 0. The Morgan fingerprint density at radius 1 is 1.60 bits per heavy atom. The summed E-state index contributed by atoms with van der Waals surface area (Å²) in [5.74, 6) is 5.90. The fourth-order valence-electron chi connectivity index (χ4n) is 0.136. The molecule has 5 heavy (non-hydrogen) atoms. The van der Waals surface area contributed by atoms with E-state index in [4.69, 9.17) is 0 Å². The van der Waals surface area contributed by atoms with Gasteiger partial charge in [-0.15, -0.1) is 11.8 Å². The minimum Gasteiger partial charge on any atom is -0.303 e. The highest BCUT2D eigenvalue weighted by Crippen LogP contribution is 2.11. The molecule has 2 heteroatoms. The van der Waals surface area contributed by atoms with E-state index in [0.29, 0.717) is 4.05 Å². The van der Waals surface area contributed by atoms with Gasteiger partial charge in [0.1, 0.15) is 0 Å². The Bertz CT molecular complexity index is 80.8. The Morgan fingerprint density at radius 3 is 2.20 bits per heavy atom. The lowest BCUT2D eigenvalue weighted by Gasteiger charge is -1.65. The minimum atomic E-state index is 0.0502. The molecule has 1 aliphatic carbocycles. The van der Waals surface area contributed by atoms with Crippen LogP contribution in [0.2, 0.25) is 4.05 Å². The molecule has 0 aromatic heterocycles. The molecule has 1 rings (SSSR count). The molecule has 0 amide bonds. The first-order chi connectivity index (χ1) is 2.43. The first-order valence-electron chi connectivity index (χ1n) is 1.50. The lowest BCUT2D eigenvalue weighted by molar-refractivity contribution is 1.71. The predicted molar refractivity (Wildman–Crippen MR) is 26.2 cm³/mol. The van der Waals surface area contributed by atoms with Gasteiger partial charge in [0.05, 0.1) is 0 Å². The summed E-state index contributed by atoms with van der Waals surface area (Å²) in [5, 5.41) is 0. The predicted octanol–water partition coefficient (Wildman–Crippen LogP) is 0.806. The maximum absolute atomic E-state index is 3.39. The molecule has 22 valence electrons. The molecule has 0 saturated heterocycles. The molecule has 0 saturated carbocycles. The van der Waals surface area contributed by atoms with Crippen LogP contribution < -0.4 is 0 Å². The van der Waals surface area contributed by atoms with Gasteiger partial charge in [-0.1, -0.05) is 0 Å². The standard InChI is InChI=1S/C3H.BrH.Mg/c1-2-3-1;;/h1H;1H;/q;;+1/p-1. The van der Waals surface area contributed by atoms with E-state index in [2.05, 4.69) is 24.7 Å². The Hall–Kier alpha value is 0.806. The Kier molecular flexibility index (Phi) is 1.20. The average molecular weight is 141 g/mol. The van der Waals surface area contributed by atoms with Crippen LogP contribution in [0, 0.1) is 11.8 Å². The topological polar surface area (TPSA) is 0 Å². The lowest BCUT2D eigenvalue weighted by Crippen LogP contribution is -1.71. The zero-order chi connectivity index (χ0) is 3.70. The first-order valence-corrected chi connectivity index (χ1v) is 6.22. The van der Waals surface area contributed by atoms with Crippen molar-refractivity contribution >= 4 is 31.1 Å². The summed E-state index contributed by atoms with van der Waals surface area (Å²) in [6.45, 7) is 0. The highest BCUT2D eigenvalue weighted by atomic mass is 79.9. The van der Waals surface area contributed by atoms with Crippen LogP contribution in [0.25, 0.3) is 0 Å². The molecule has 0 fully saturated rings. The fraction of sp³-hybridized carbons (Fsp3) is 0.333. The molecule has 0 aromatic rings. The van der Waals surface area contributed by atoms with E-state index in [1.54, 1.807) is 0 Å². The molecule has 0 N–H and O–H groups in total. The zero-order valence-corrected chi connectivity index (χ0v) is 5.66. The monoisotopic (exact) mass is 140 g/mol. The van der Waals surface area contributed by atoms with Crippen LogP contribution >= 0.6 is 12.9 Å². The number of hydrogen-bond acceptors (Lipinski definition) is 0. The van der Waals surface area contributed by atoms with Gasteiger partial charge in [0.15, 0.2) is 0 Å². The summed E-state index contributed by atoms with van der Waals surface area (Å²) in [4.78, 5) is 0. The first kappa shape index (κ1) is 3.98. The summed E-state index contributed by atoms with van der Waals surface area (Å²) in [6, 6.07) is 0. The fourth-order valence-corrected chi connectivity index (χ4v) is 1.38. The van der Waals surface area contributed by atoms with Gasteiger partial charge in [0.25, 0.3) is 0 Å². The van der Waals surface area contributed by atoms with Gasteiger partial charge in [0, 0.05) is 4.05 Å². The van der Waals surface area contributed by atoms with Crippen LogP contribution in [-0.4, -0.2) is 18.2 Å². The zero-order valence-electron chi connectivity index (χ0n) is 2.66. The van der Waals surface area contributed by atoms with E-state index < -0.39 is 0 Å². The van der Waals surface area contributed by atoms with E-state index in [0.717, 1.165) is 0 Å². The van der Waals surface area contributed by atoms with Crippen LogP contribution in [-0.2, 0) is 0 Å². The largest absolute Gasteiger partial charge is 0.505 e. The molecule has 0 radical (unpaired) electrons. The molecule has 0 aromatic carbocycles. The molecule has 0 nitrogen and oxygen atoms in total. The van der Waals surface area contributed by atoms with E-state index in [1.807, 2.05) is 0 Å². The highest BCUT2D eigenvalue weighted by Gasteiger charge is 2.09. The molecular formula is C3HBrMg. The van der Waals surface area contributed by atoms with Crippen LogP contribution in [0.4, 0.5) is 0 Å². The average Bonchev–Trinajstić information content (AvgIpc) is 2.12. The molecule has 0 heterocycles. The van der Waals surface area contributed by atoms with Crippen LogP contribution in [0.3, 0.4) is 0 Å². The van der Waals surface area contributed by atoms with Gasteiger partial charge in [-0.25, -0.2) is 0 Å². The van der Waals surface area contributed by atoms with Crippen molar-refractivity contribution in [3.8, 4) is 11.8 Å². The lowest BCUT2D eigenvalue weighted by atomic mass is 10.8. The van der Waals surface area contributed by atoms with Crippen LogP contribution in [0.1, 0.15) is 0 Å². The van der Waals surface area contributed by atoms with Crippen LogP contribution in [0.15, 0.2) is 0 Å². The second kappa shape index (κ2) is 1.50. The van der Waals surface area contributed by atoms with Crippen molar-refractivity contribution < 1.29 is 0 Å². The molecule has 0 aliphatic heterocycles. The van der Waals surface area contributed by atoms with Gasteiger partial charge in [0.2, 0.25) is 0 Å². The molecule has 0 bridgehead atoms. The summed E-state index contributed by atoms with van der Waals surface area (Å²) in [7, 11) is 0. The van der Waals surface area contributed by atoms with Crippen LogP contribution in [0.5, 0.6) is 0 Å². The van der Waals surface area contributed by atoms with Crippen molar-refractivity contribution in [1.82, 2.24) is 0 Å². The summed E-state index contributed by atoms with van der Waals surface area (Å²) >= 11 is 3.44. The second-order valence-corrected chi connectivity index (χ2v) is 4.06. The third kappa shape index (κ3) is 1.12. The quantitative estimate of drug-likeness (QED) is 0.374. The molecular weight excluding hydrogens is 140 g/mol. The SMILES string of the molecule is [Br][Mg][CH]1C#C1. The van der Waals surface area contributed by atoms with Crippen molar-refractivity contribution in [1.29, 1.82) is 0 Å². The van der Waals surface area contributed by atoms with Crippen molar-refractivity contribution in [3.05, 3.63) is 0 Å². The normalized spacial score (nSPS) is 15.4. The molecule has 0 unspecified atom stereocenters. The highest BCUT2D eigenvalue weighted by molar-refractivity contribution is 9.23. The molecule has 1 aliphatic rings. The number of rotatable bonds is 1.